The Morgan fingerprint density at radius 1 is 1.10 bits per heavy atom. The fourth-order valence-corrected chi connectivity index (χ4v) is 3.70. The van der Waals surface area contributed by atoms with E-state index in [-0.39, 0.29) is 5.91 Å². The molecule has 0 aliphatic heterocycles. The first-order valence-electron chi connectivity index (χ1n) is 9.18. The van der Waals surface area contributed by atoms with E-state index in [1.165, 1.54) is 16.7 Å². The summed E-state index contributed by atoms with van der Waals surface area (Å²) in [5, 5.41) is 3.50. The van der Waals surface area contributed by atoms with Crippen LogP contribution in [0, 0.1) is 0 Å². The Hall–Kier alpha value is -2.84. The Morgan fingerprint density at radius 3 is 2.47 bits per heavy atom. The second kappa shape index (κ2) is 10.3. The van der Waals surface area contributed by atoms with Gasteiger partial charge in [0.2, 0.25) is 0 Å². The second-order valence-corrected chi connectivity index (χ2v) is 8.15. The van der Waals surface area contributed by atoms with Crippen molar-refractivity contribution in [3.05, 3.63) is 76.9 Å². The largest absolute Gasteiger partial charge is 0.449 e. The van der Waals surface area contributed by atoms with Crippen LogP contribution in [0.4, 0.5) is 16.2 Å². The van der Waals surface area contributed by atoms with Crippen LogP contribution in [-0.4, -0.2) is 30.6 Å². The van der Waals surface area contributed by atoms with Gasteiger partial charge in [-0.05, 0) is 67.6 Å². The molecule has 0 aliphatic rings. The molecule has 1 aromatic heterocycles. The van der Waals surface area contributed by atoms with E-state index in [0.717, 1.165) is 9.37 Å². The molecule has 0 bridgehead atoms. The third kappa shape index (κ3) is 5.61. The zero-order valence-corrected chi connectivity index (χ0v) is 18.9. The van der Waals surface area contributed by atoms with Crippen molar-refractivity contribution < 1.29 is 14.3 Å². The van der Waals surface area contributed by atoms with Gasteiger partial charge in [-0.1, -0.05) is 27.7 Å². The normalized spacial score (nSPS) is 10.4. The van der Waals surface area contributed by atoms with Crippen LogP contribution in [0.3, 0.4) is 0 Å². The van der Waals surface area contributed by atoms with Crippen LogP contribution in [-0.2, 0) is 4.74 Å². The summed E-state index contributed by atoms with van der Waals surface area (Å²) < 4.78 is 5.97. The lowest BCUT2D eigenvalue weighted by Crippen LogP contribution is -2.26. The van der Waals surface area contributed by atoms with Gasteiger partial charge in [0, 0.05) is 34.0 Å². The van der Waals surface area contributed by atoms with E-state index in [1.54, 1.807) is 56.6 Å². The molecular weight excluding hydrogens is 466 g/mol. The van der Waals surface area contributed by atoms with Crippen molar-refractivity contribution >= 4 is 51.1 Å². The predicted molar refractivity (Wildman–Crippen MR) is 122 cm³/mol. The number of hydrogen-bond donors (Lipinski definition) is 1. The summed E-state index contributed by atoms with van der Waals surface area (Å²) in [4.78, 5) is 31.4. The van der Waals surface area contributed by atoms with Gasteiger partial charge in [-0.3, -0.25) is 9.69 Å². The van der Waals surface area contributed by atoms with Crippen molar-refractivity contribution in [2.45, 2.75) is 16.8 Å². The van der Waals surface area contributed by atoms with Crippen LogP contribution in [0.2, 0.25) is 0 Å². The SMILES string of the molecule is CCOC(=O)N(C)c1ccc(NC(=O)c2cccnc2Sc2ccc(Br)cc2)cc1. The number of carbonyl (C=O) groups is 2. The lowest BCUT2D eigenvalue weighted by molar-refractivity contribution is 0.102. The summed E-state index contributed by atoms with van der Waals surface area (Å²) in [7, 11) is 1.63. The van der Waals surface area contributed by atoms with Crippen molar-refractivity contribution in [1.29, 1.82) is 0 Å². The van der Waals surface area contributed by atoms with E-state index in [1.807, 2.05) is 24.3 Å². The Labute approximate surface area is 187 Å². The molecule has 0 saturated heterocycles. The van der Waals surface area contributed by atoms with E-state index in [9.17, 15) is 9.59 Å². The standard InChI is InChI=1S/C22H20BrN3O3S/c1-3-29-22(28)26(2)17-10-8-16(9-11-17)25-20(27)19-5-4-14-24-21(19)30-18-12-6-15(23)7-13-18/h4-14H,3H2,1-2H3,(H,25,27). The number of hydrogen-bond acceptors (Lipinski definition) is 5. The Morgan fingerprint density at radius 2 is 1.80 bits per heavy atom. The average Bonchev–Trinajstić information content (AvgIpc) is 2.76. The maximum absolute atomic E-state index is 12.8. The summed E-state index contributed by atoms with van der Waals surface area (Å²) in [6, 6.07) is 18.3. The fourth-order valence-electron chi connectivity index (χ4n) is 2.55. The highest BCUT2D eigenvalue weighted by atomic mass is 79.9. The molecule has 1 heterocycles. The number of benzene rings is 2. The minimum Gasteiger partial charge on any atom is -0.449 e. The van der Waals surface area contributed by atoms with Crippen molar-refractivity contribution in [3.63, 3.8) is 0 Å². The molecule has 0 saturated carbocycles. The van der Waals surface area contributed by atoms with E-state index in [2.05, 4.69) is 26.2 Å². The molecule has 3 aromatic rings. The number of ether oxygens (including phenoxy) is 1. The predicted octanol–water partition coefficient (Wildman–Crippen LogP) is 5.84. The van der Waals surface area contributed by atoms with Crippen LogP contribution < -0.4 is 10.2 Å². The molecule has 0 atom stereocenters. The summed E-state index contributed by atoms with van der Waals surface area (Å²) in [5.74, 6) is -0.255. The minimum atomic E-state index is -0.431. The van der Waals surface area contributed by atoms with Gasteiger partial charge in [0.05, 0.1) is 12.2 Å². The molecule has 30 heavy (non-hydrogen) atoms. The summed E-state index contributed by atoms with van der Waals surface area (Å²) >= 11 is 4.84. The third-order valence-corrected chi connectivity index (χ3v) is 5.65. The molecule has 0 aliphatic carbocycles. The number of carbonyl (C=O) groups excluding carboxylic acids is 2. The van der Waals surface area contributed by atoms with E-state index in [4.69, 9.17) is 4.74 Å². The first-order chi connectivity index (χ1) is 14.5. The van der Waals surface area contributed by atoms with Gasteiger partial charge in [-0.2, -0.15) is 0 Å². The van der Waals surface area contributed by atoms with Gasteiger partial charge in [0.1, 0.15) is 5.03 Å². The maximum atomic E-state index is 12.8. The van der Waals surface area contributed by atoms with E-state index < -0.39 is 6.09 Å². The lowest BCUT2D eigenvalue weighted by Gasteiger charge is -2.17. The molecule has 0 spiro atoms. The minimum absolute atomic E-state index is 0.255. The molecule has 154 valence electrons. The quantitative estimate of drug-likeness (QED) is 0.474. The molecule has 0 fully saturated rings. The molecule has 0 unspecified atom stereocenters. The number of pyridine rings is 1. The smallest absolute Gasteiger partial charge is 0.413 e. The monoisotopic (exact) mass is 485 g/mol. The zero-order chi connectivity index (χ0) is 21.5. The lowest BCUT2D eigenvalue weighted by atomic mass is 10.2. The van der Waals surface area contributed by atoms with E-state index in [0.29, 0.717) is 28.6 Å². The van der Waals surface area contributed by atoms with Gasteiger partial charge in [-0.25, -0.2) is 9.78 Å². The van der Waals surface area contributed by atoms with Gasteiger partial charge in [0.25, 0.3) is 5.91 Å². The first kappa shape index (κ1) is 21.9. The van der Waals surface area contributed by atoms with Crippen molar-refractivity contribution in [2.75, 3.05) is 23.9 Å². The number of nitrogens with one attached hydrogen (secondary N) is 1. The average molecular weight is 486 g/mol. The Balaban J connectivity index is 1.72. The molecule has 0 radical (unpaired) electrons. The molecule has 6 nitrogen and oxygen atoms in total. The van der Waals surface area contributed by atoms with Gasteiger partial charge in [0.15, 0.2) is 0 Å². The van der Waals surface area contributed by atoms with Crippen molar-refractivity contribution in [2.24, 2.45) is 0 Å². The Bertz CT molecular complexity index is 1030. The van der Waals surface area contributed by atoms with Gasteiger partial charge in [-0.15, -0.1) is 0 Å². The highest BCUT2D eigenvalue weighted by Crippen LogP contribution is 2.30. The second-order valence-electron chi connectivity index (χ2n) is 6.17. The molecule has 1 N–H and O–H groups in total. The number of aromatic nitrogens is 1. The number of amides is 2. The zero-order valence-electron chi connectivity index (χ0n) is 16.5. The number of rotatable bonds is 6. The van der Waals surface area contributed by atoms with Gasteiger partial charge < -0.3 is 10.1 Å². The number of anilines is 2. The molecule has 3 rings (SSSR count). The maximum Gasteiger partial charge on any atom is 0.413 e. The highest BCUT2D eigenvalue weighted by molar-refractivity contribution is 9.10. The van der Waals surface area contributed by atoms with Gasteiger partial charge >= 0.3 is 6.09 Å². The molecular formula is C22H20BrN3O3S. The summed E-state index contributed by atoms with van der Waals surface area (Å²) in [6.45, 7) is 2.06. The Kier molecular flexibility index (Phi) is 7.48. The molecule has 2 aromatic carbocycles. The van der Waals surface area contributed by atoms with Crippen LogP contribution in [0.1, 0.15) is 17.3 Å². The van der Waals surface area contributed by atoms with Crippen LogP contribution >= 0.6 is 27.7 Å². The van der Waals surface area contributed by atoms with E-state index >= 15 is 0 Å². The topological polar surface area (TPSA) is 71.5 Å². The summed E-state index contributed by atoms with van der Waals surface area (Å²) in [5.41, 5.74) is 1.77. The molecule has 8 heteroatoms. The number of nitrogens with zero attached hydrogens (tertiary/aromatic N) is 2. The molecule has 2 amide bonds. The third-order valence-electron chi connectivity index (χ3n) is 4.10. The van der Waals surface area contributed by atoms with Crippen LogP contribution in [0.5, 0.6) is 0 Å². The first-order valence-corrected chi connectivity index (χ1v) is 10.8. The van der Waals surface area contributed by atoms with Crippen molar-refractivity contribution in [3.8, 4) is 0 Å². The highest BCUT2D eigenvalue weighted by Gasteiger charge is 2.15. The van der Waals surface area contributed by atoms with Crippen molar-refractivity contribution in [1.82, 2.24) is 4.98 Å². The van der Waals surface area contributed by atoms with Crippen LogP contribution in [0.15, 0.2) is 81.3 Å². The summed E-state index contributed by atoms with van der Waals surface area (Å²) in [6.07, 6.45) is 1.23. The number of halogens is 1. The fraction of sp³-hybridized carbons (Fsp3) is 0.136. The van der Waals surface area contributed by atoms with Crippen LogP contribution in [0.25, 0.3) is 0 Å².